The molecule has 8 heteroatoms. The first-order valence-electron chi connectivity index (χ1n) is 16.6. The molecule has 0 saturated carbocycles. The number of piperazine rings is 1. The average molecular weight is 632 g/mol. The maximum atomic E-state index is 14.2. The fraction of sp³-hybridized carbons (Fsp3) is 0.553. The number of rotatable bonds is 12. The number of likely N-dealkylation sites (N-methyl/N-ethyl adjacent to an activating group) is 2. The summed E-state index contributed by atoms with van der Waals surface area (Å²) in [6.45, 7) is 19.8. The van der Waals surface area contributed by atoms with Crippen LogP contribution in [0.5, 0.6) is 0 Å². The Hall–Kier alpha value is -3.49. The van der Waals surface area contributed by atoms with Crippen LogP contribution in [0.3, 0.4) is 0 Å². The molecule has 1 heterocycles. The van der Waals surface area contributed by atoms with Crippen LogP contribution in [-0.2, 0) is 26.3 Å². The SMILES string of the molecule is CN[C@H](C(=O)N[C@H](C(=O)N(C)[C@H](/C=C(\C)C(=O)N1CCN(Cc2ccccc2)CC1)C(C)C)C(C)(C)C)C(C)(C)c1ccccc1. The van der Waals surface area contributed by atoms with Crippen LogP contribution in [0.15, 0.2) is 72.3 Å². The third-order valence-corrected chi connectivity index (χ3v) is 9.33. The van der Waals surface area contributed by atoms with Crippen molar-refractivity contribution in [2.24, 2.45) is 11.3 Å². The summed E-state index contributed by atoms with van der Waals surface area (Å²) in [4.78, 5) is 47.6. The number of nitrogens with one attached hydrogen (secondary N) is 2. The molecule has 3 amide bonds. The lowest BCUT2D eigenvalue weighted by molar-refractivity contribution is -0.141. The van der Waals surface area contributed by atoms with Gasteiger partial charge in [-0.25, -0.2) is 0 Å². The maximum absolute atomic E-state index is 14.2. The zero-order valence-corrected chi connectivity index (χ0v) is 29.8. The lowest BCUT2D eigenvalue weighted by Gasteiger charge is -2.40. The molecule has 1 aliphatic heterocycles. The third kappa shape index (κ3) is 9.29. The summed E-state index contributed by atoms with van der Waals surface area (Å²) >= 11 is 0. The van der Waals surface area contributed by atoms with Gasteiger partial charge in [0.15, 0.2) is 0 Å². The summed E-state index contributed by atoms with van der Waals surface area (Å²) < 4.78 is 0. The summed E-state index contributed by atoms with van der Waals surface area (Å²) in [5, 5.41) is 6.31. The van der Waals surface area contributed by atoms with Crippen LogP contribution in [0.4, 0.5) is 0 Å². The number of carbonyl (C=O) groups excluding carboxylic acids is 3. The van der Waals surface area contributed by atoms with Crippen molar-refractivity contribution in [2.45, 2.75) is 85.5 Å². The quantitative estimate of drug-likeness (QED) is 0.327. The van der Waals surface area contributed by atoms with Crippen LogP contribution in [0.1, 0.15) is 66.5 Å². The van der Waals surface area contributed by atoms with E-state index in [4.69, 9.17) is 0 Å². The molecule has 1 saturated heterocycles. The normalized spacial score (nSPS) is 16.9. The van der Waals surface area contributed by atoms with Gasteiger partial charge in [-0.05, 0) is 36.4 Å². The van der Waals surface area contributed by atoms with Crippen molar-refractivity contribution in [2.75, 3.05) is 40.3 Å². The molecule has 3 rings (SSSR count). The van der Waals surface area contributed by atoms with Gasteiger partial charge >= 0.3 is 0 Å². The monoisotopic (exact) mass is 631 g/mol. The summed E-state index contributed by atoms with van der Waals surface area (Å²) in [7, 11) is 3.55. The van der Waals surface area contributed by atoms with E-state index in [1.807, 2.05) is 88.9 Å². The minimum absolute atomic E-state index is 0.00606. The molecule has 2 aromatic rings. The Labute approximate surface area is 277 Å². The van der Waals surface area contributed by atoms with Crippen molar-refractivity contribution in [3.8, 4) is 0 Å². The smallest absolute Gasteiger partial charge is 0.249 e. The van der Waals surface area contributed by atoms with E-state index < -0.39 is 22.9 Å². The Morgan fingerprint density at radius 3 is 1.91 bits per heavy atom. The van der Waals surface area contributed by atoms with Gasteiger partial charge in [0.05, 0.1) is 12.1 Å². The molecule has 1 aliphatic rings. The highest BCUT2D eigenvalue weighted by Crippen LogP contribution is 2.29. The van der Waals surface area contributed by atoms with Gasteiger partial charge in [0.2, 0.25) is 17.7 Å². The van der Waals surface area contributed by atoms with Crippen molar-refractivity contribution in [3.05, 3.63) is 83.4 Å². The Morgan fingerprint density at radius 2 is 1.41 bits per heavy atom. The Morgan fingerprint density at radius 1 is 0.870 bits per heavy atom. The zero-order chi connectivity index (χ0) is 34.2. The predicted molar refractivity (Wildman–Crippen MR) is 187 cm³/mol. The van der Waals surface area contributed by atoms with Crippen molar-refractivity contribution >= 4 is 17.7 Å². The van der Waals surface area contributed by atoms with E-state index >= 15 is 0 Å². The first-order chi connectivity index (χ1) is 21.6. The van der Waals surface area contributed by atoms with Crippen LogP contribution in [0.2, 0.25) is 0 Å². The highest BCUT2D eigenvalue weighted by Gasteiger charge is 2.41. The Kier molecular flexibility index (Phi) is 12.8. The maximum Gasteiger partial charge on any atom is 0.249 e. The van der Waals surface area contributed by atoms with Gasteiger partial charge in [0.1, 0.15) is 6.04 Å². The van der Waals surface area contributed by atoms with E-state index in [9.17, 15) is 14.4 Å². The number of nitrogens with zero attached hydrogens (tertiary/aromatic N) is 3. The van der Waals surface area contributed by atoms with Gasteiger partial charge in [-0.2, -0.15) is 0 Å². The number of hydrogen-bond acceptors (Lipinski definition) is 5. The van der Waals surface area contributed by atoms with Crippen LogP contribution < -0.4 is 10.6 Å². The van der Waals surface area contributed by atoms with Crippen molar-refractivity contribution in [1.82, 2.24) is 25.3 Å². The molecule has 2 N–H and O–H groups in total. The molecule has 0 radical (unpaired) electrons. The van der Waals surface area contributed by atoms with Gasteiger partial charge in [-0.1, -0.05) is 115 Å². The molecule has 0 bridgehead atoms. The van der Waals surface area contributed by atoms with E-state index in [-0.39, 0.29) is 29.7 Å². The van der Waals surface area contributed by atoms with Crippen LogP contribution in [0.25, 0.3) is 0 Å². The van der Waals surface area contributed by atoms with Gasteiger partial charge < -0.3 is 20.4 Å². The number of amides is 3. The standard InChI is InChI=1S/C38H57N5O3/c1-27(2)31(25-28(3)35(45)43-23-21-42(22-24-43)26-29-17-13-11-14-18-29)41(10)36(46)33(37(4,5)6)40-34(44)32(39-9)38(7,8)30-19-15-12-16-20-30/h11-20,25,27,31-33,39H,21-24,26H2,1-10H3,(H,40,44)/b28-25+/t31-,32-,33-/m1/s1. The molecule has 1 fully saturated rings. The molecule has 0 unspecified atom stereocenters. The first kappa shape index (κ1) is 37.0. The van der Waals surface area contributed by atoms with E-state index in [2.05, 4.69) is 53.6 Å². The molecule has 3 atom stereocenters. The highest BCUT2D eigenvalue weighted by atomic mass is 16.2. The second-order valence-corrected chi connectivity index (χ2v) is 14.7. The van der Waals surface area contributed by atoms with Crippen LogP contribution >= 0.6 is 0 Å². The summed E-state index contributed by atoms with van der Waals surface area (Å²) in [6.07, 6.45) is 1.93. The van der Waals surface area contributed by atoms with Gasteiger partial charge in [0.25, 0.3) is 0 Å². The number of carbonyl (C=O) groups is 3. The summed E-state index contributed by atoms with van der Waals surface area (Å²) in [5.74, 6) is -0.352. The van der Waals surface area contributed by atoms with Crippen LogP contribution in [0, 0.1) is 11.3 Å². The number of benzene rings is 2. The average Bonchev–Trinajstić information content (AvgIpc) is 3.02. The summed E-state index contributed by atoms with van der Waals surface area (Å²) in [5.41, 5.74) is 1.86. The Bertz CT molecular complexity index is 1330. The molecule has 0 spiro atoms. The largest absolute Gasteiger partial charge is 0.342 e. The second kappa shape index (κ2) is 15.9. The minimum atomic E-state index is -0.768. The van der Waals surface area contributed by atoms with E-state index in [0.29, 0.717) is 18.7 Å². The third-order valence-electron chi connectivity index (χ3n) is 9.33. The molecule has 2 aromatic carbocycles. The molecule has 0 aromatic heterocycles. The lowest BCUT2D eigenvalue weighted by atomic mass is 9.76. The van der Waals surface area contributed by atoms with Gasteiger partial charge in [-0.3, -0.25) is 19.3 Å². The number of hydrogen-bond donors (Lipinski definition) is 2. The predicted octanol–water partition coefficient (Wildman–Crippen LogP) is 4.86. The fourth-order valence-electron chi connectivity index (χ4n) is 6.36. The molecular weight excluding hydrogens is 574 g/mol. The fourth-order valence-corrected chi connectivity index (χ4v) is 6.36. The minimum Gasteiger partial charge on any atom is -0.342 e. The molecule has 8 nitrogen and oxygen atoms in total. The topological polar surface area (TPSA) is 85.0 Å². The highest BCUT2D eigenvalue weighted by molar-refractivity contribution is 5.94. The second-order valence-electron chi connectivity index (χ2n) is 14.7. The first-order valence-corrected chi connectivity index (χ1v) is 16.6. The zero-order valence-electron chi connectivity index (χ0n) is 29.8. The van der Waals surface area contributed by atoms with Gasteiger partial charge in [0, 0.05) is 50.8 Å². The molecule has 0 aliphatic carbocycles. The van der Waals surface area contributed by atoms with Crippen molar-refractivity contribution in [3.63, 3.8) is 0 Å². The lowest BCUT2D eigenvalue weighted by Crippen LogP contribution is -2.61. The molecule has 252 valence electrons. The van der Waals surface area contributed by atoms with E-state index in [1.54, 1.807) is 19.0 Å². The van der Waals surface area contributed by atoms with E-state index in [0.717, 1.165) is 25.2 Å². The van der Waals surface area contributed by atoms with Crippen molar-refractivity contribution in [1.29, 1.82) is 0 Å². The Balaban J connectivity index is 1.73. The molecule has 46 heavy (non-hydrogen) atoms. The summed E-state index contributed by atoms with van der Waals surface area (Å²) in [6, 6.07) is 18.7. The van der Waals surface area contributed by atoms with Crippen LogP contribution in [-0.4, -0.2) is 90.8 Å². The van der Waals surface area contributed by atoms with Crippen molar-refractivity contribution < 1.29 is 14.4 Å². The van der Waals surface area contributed by atoms with Gasteiger partial charge in [-0.15, -0.1) is 0 Å². The molecular formula is C38H57N5O3. The van der Waals surface area contributed by atoms with E-state index in [1.165, 1.54) is 5.56 Å².